The van der Waals surface area contributed by atoms with Crippen LogP contribution >= 0.6 is 0 Å². The zero-order valence-corrected chi connectivity index (χ0v) is 21.8. The molecule has 4 aromatic rings. The van der Waals surface area contributed by atoms with Crippen molar-refractivity contribution in [2.24, 2.45) is 0 Å². The number of aryl methyl sites for hydroxylation is 2. The first-order chi connectivity index (χ1) is 17.0. The van der Waals surface area contributed by atoms with Crippen LogP contribution in [0, 0.1) is 13.8 Å². The molecule has 0 aliphatic carbocycles. The first-order valence-corrected chi connectivity index (χ1v) is 12.1. The molecule has 0 bridgehead atoms. The number of fused-ring (bicyclic) bond motifs is 1. The number of benzene rings is 1. The summed E-state index contributed by atoms with van der Waals surface area (Å²) in [4.78, 5) is 35.1. The van der Waals surface area contributed by atoms with Crippen LogP contribution < -0.4 is 16.6 Å². The van der Waals surface area contributed by atoms with Crippen molar-refractivity contribution in [3.63, 3.8) is 0 Å². The van der Waals surface area contributed by atoms with Crippen LogP contribution in [0.3, 0.4) is 0 Å². The molecule has 1 aromatic carbocycles. The Balaban J connectivity index is 1.80. The van der Waals surface area contributed by atoms with Gasteiger partial charge in [-0.2, -0.15) is 0 Å². The SMILES string of the molecule is Cc1cc(N)[nH]c(=O)c1CNC(=O)c1cc(-c2cncc(CN(C)C)c2)cc2c1c(C)cn2C(C)C. The van der Waals surface area contributed by atoms with E-state index < -0.39 is 0 Å². The first kappa shape index (κ1) is 25.2. The average molecular weight is 487 g/mol. The van der Waals surface area contributed by atoms with Gasteiger partial charge in [0, 0.05) is 65.3 Å². The lowest BCUT2D eigenvalue weighted by Gasteiger charge is -2.15. The van der Waals surface area contributed by atoms with Crippen molar-refractivity contribution < 1.29 is 4.79 Å². The molecule has 8 nitrogen and oxygen atoms in total. The fourth-order valence-electron chi connectivity index (χ4n) is 4.68. The van der Waals surface area contributed by atoms with E-state index in [0.29, 0.717) is 16.9 Å². The molecule has 0 fully saturated rings. The average Bonchev–Trinajstić information content (AvgIpc) is 3.14. The number of aromatic nitrogens is 3. The van der Waals surface area contributed by atoms with Crippen molar-refractivity contribution in [1.29, 1.82) is 0 Å². The number of pyridine rings is 2. The molecule has 0 saturated carbocycles. The molecule has 0 unspecified atom stereocenters. The third kappa shape index (κ3) is 5.04. The molecule has 0 aliphatic heterocycles. The summed E-state index contributed by atoms with van der Waals surface area (Å²) in [6.45, 7) is 8.96. The van der Waals surface area contributed by atoms with E-state index in [1.165, 1.54) is 0 Å². The molecular weight excluding hydrogens is 452 g/mol. The fourth-order valence-corrected chi connectivity index (χ4v) is 4.68. The summed E-state index contributed by atoms with van der Waals surface area (Å²) in [5.74, 6) is 0.0669. The highest BCUT2D eigenvalue weighted by Gasteiger charge is 2.19. The second-order valence-corrected chi connectivity index (χ2v) is 9.95. The van der Waals surface area contributed by atoms with Crippen molar-refractivity contribution in [3.8, 4) is 11.1 Å². The zero-order valence-electron chi connectivity index (χ0n) is 21.8. The first-order valence-electron chi connectivity index (χ1n) is 12.1. The number of rotatable bonds is 7. The maximum Gasteiger partial charge on any atom is 0.254 e. The van der Waals surface area contributed by atoms with E-state index in [9.17, 15) is 9.59 Å². The van der Waals surface area contributed by atoms with Crippen molar-refractivity contribution in [3.05, 3.63) is 81.0 Å². The van der Waals surface area contributed by atoms with E-state index >= 15 is 0 Å². The molecule has 188 valence electrons. The minimum absolute atomic E-state index is 0.107. The van der Waals surface area contributed by atoms with Crippen molar-refractivity contribution in [2.75, 3.05) is 19.8 Å². The third-order valence-corrected chi connectivity index (χ3v) is 6.36. The Morgan fingerprint density at radius 3 is 2.53 bits per heavy atom. The summed E-state index contributed by atoms with van der Waals surface area (Å²) in [7, 11) is 4.04. The van der Waals surface area contributed by atoms with Gasteiger partial charge in [-0.25, -0.2) is 0 Å². The van der Waals surface area contributed by atoms with Gasteiger partial charge in [0.1, 0.15) is 5.82 Å². The highest BCUT2D eigenvalue weighted by Crippen LogP contribution is 2.33. The maximum atomic E-state index is 13.6. The van der Waals surface area contributed by atoms with E-state index in [0.717, 1.165) is 45.3 Å². The quantitative estimate of drug-likeness (QED) is 0.363. The van der Waals surface area contributed by atoms with Gasteiger partial charge in [-0.15, -0.1) is 0 Å². The number of aromatic amines is 1. The molecule has 0 radical (unpaired) electrons. The Morgan fingerprint density at radius 1 is 1.11 bits per heavy atom. The number of amides is 1. The van der Waals surface area contributed by atoms with E-state index in [1.807, 2.05) is 46.4 Å². The Hall–Kier alpha value is -3.91. The van der Waals surface area contributed by atoms with E-state index in [1.54, 1.807) is 6.07 Å². The van der Waals surface area contributed by atoms with Gasteiger partial charge in [0.15, 0.2) is 0 Å². The molecule has 3 heterocycles. The lowest BCUT2D eigenvalue weighted by atomic mass is 9.98. The van der Waals surface area contributed by atoms with E-state index in [-0.39, 0.29) is 24.1 Å². The minimum atomic E-state index is -0.294. The van der Waals surface area contributed by atoms with Gasteiger partial charge >= 0.3 is 0 Å². The van der Waals surface area contributed by atoms with Crippen molar-refractivity contribution in [1.82, 2.24) is 24.8 Å². The van der Waals surface area contributed by atoms with Crippen LogP contribution in [0.5, 0.6) is 0 Å². The fraction of sp³-hybridized carbons (Fsp3) is 0.321. The lowest BCUT2D eigenvalue weighted by molar-refractivity contribution is 0.0952. The smallest absolute Gasteiger partial charge is 0.254 e. The van der Waals surface area contributed by atoms with Crippen LogP contribution in [-0.4, -0.2) is 39.4 Å². The molecule has 0 atom stereocenters. The van der Waals surface area contributed by atoms with Gasteiger partial charge in [-0.05, 0) is 88.3 Å². The number of nitrogens with one attached hydrogen (secondary N) is 2. The van der Waals surface area contributed by atoms with E-state index in [4.69, 9.17) is 5.73 Å². The Bertz CT molecular complexity index is 1500. The molecule has 4 rings (SSSR count). The maximum absolute atomic E-state index is 13.6. The van der Waals surface area contributed by atoms with Crippen LogP contribution in [0.1, 0.15) is 52.5 Å². The number of anilines is 1. The summed E-state index contributed by atoms with van der Waals surface area (Å²) in [6.07, 6.45) is 5.78. The van der Waals surface area contributed by atoms with Crippen LogP contribution in [0.15, 0.2) is 47.7 Å². The minimum Gasteiger partial charge on any atom is -0.385 e. The summed E-state index contributed by atoms with van der Waals surface area (Å²) < 4.78 is 2.19. The van der Waals surface area contributed by atoms with Crippen LogP contribution in [0.4, 0.5) is 5.82 Å². The monoisotopic (exact) mass is 486 g/mol. The standard InChI is InChI=1S/C28H34N6O2/c1-16(2)34-14-18(4)26-22(27(35)31-13-23-17(3)7-25(29)32-28(23)36)9-20(10-24(26)34)21-8-19(11-30-12-21)15-33(5)6/h7-12,14,16H,13,15H2,1-6H3,(H,31,35)(H3,29,32,36). The Labute approximate surface area is 211 Å². The Morgan fingerprint density at radius 2 is 1.86 bits per heavy atom. The summed E-state index contributed by atoms with van der Waals surface area (Å²) in [6, 6.07) is 8.09. The van der Waals surface area contributed by atoms with Gasteiger partial charge in [-0.3, -0.25) is 14.6 Å². The number of carbonyl (C=O) groups is 1. The van der Waals surface area contributed by atoms with Crippen LogP contribution in [-0.2, 0) is 13.1 Å². The third-order valence-electron chi connectivity index (χ3n) is 6.36. The summed E-state index contributed by atoms with van der Waals surface area (Å²) in [5, 5.41) is 3.87. The lowest BCUT2D eigenvalue weighted by Crippen LogP contribution is -2.28. The number of hydrogen-bond acceptors (Lipinski definition) is 5. The normalized spacial score (nSPS) is 11.6. The molecule has 36 heavy (non-hydrogen) atoms. The molecular formula is C28H34N6O2. The molecule has 3 aromatic heterocycles. The Kier molecular flexibility index (Phi) is 6.99. The second kappa shape index (κ2) is 9.99. The van der Waals surface area contributed by atoms with Crippen LogP contribution in [0.25, 0.3) is 22.0 Å². The highest BCUT2D eigenvalue weighted by molar-refractivity contribution is 6.09. The number of H-pyrrole nitrogens is 1. The molecule has 0 spiro atoms. The zero-order chi connectivity index (χ0) is 26.1. The molecule has 8 heteroatoms. The van der Waals surface area contributed by atoms with E-state index in [2.05, 4.69) is 56.9 Å². The molecule has 0 saturated heterocycles. The second-order valence-electron chi connectivity index (χ2n) is 9.95. The number of nitrogens with two attached hydrogens (primary N) is 1. The summed E-state index contributed by atoms with van der Waals surface area (Å²) in [5.41, 5.74) is 12.2. The molecule has 1 amide bonds. The molecule has 4 N–H and O–H groups in total. The number of hydrogen-bond donors (Lipinski definition) is 3. The number of nitrogen functional groups attached to an aromatic ring is 1. The highest BCUT2D eigenvalue weighted by atomic mass is 16.1. The number of nitrogens with zero attached hydrogens (tertiary/aromatic N) is 3. The van der Waals surface area contributed by atoms with Crippen molar-refractivity contribution in [2.45, 2.75) is 46.8 Å². The summed E-state index contributed by atoms with van der Waals surface area (Å²) >= 11 is 0. The van der Waals surface area contributed by atoms with Gasteiger partial charge in [0.2, 0.25) is 0 Å². The topological polar surface area (TPSA) is 109 Å². The van der Waals surface area contributed by atoms with Gasteiger partial charge in [0.25, 0.3) is 11.5 Å². The van der Waals surface area contributed by atoms with Gasteiger partial charge in [0.05, 0.1) is 0 Å². The van der Waals surface area contributed by atoms with Gasteiger partial charge in [-0.1, -0.05) is 0 Å². The largest absolute Gasteiger partial charge is 0.385 e. The molecule has 0 aliphatic rings. The van der Waals surface area contributed by atoms with Gasteiger partial charge < -0.3 is 25.5 Å². The van der Waals surface area contributed by atoms with Crippen LogP contribution in [0.2, 0.25) is 0 Å². The predicted octanol–water partition coefficient (Wildman–Crippen LogP) is 4.16. The number of carbonyl (C=O) groups excluding carboxylic acids is 1. The predicted molar refractivity (Wildman–Crippen MR) is 145 cm³/mol. The van der Waals surface area contributed by atoms with Crippen molar-refractivity contribution >= 4 is 22.6 Å².